The zero-order valence-electron chi connectivity index (χ0n) is 15.2. The second-order valence-corrected chi connectivity index (χ2v) is 5.87. The quantitative estimate of drug-likeness (QED) is 0.762. The summed E-state index contributed by atoms with van der Waals surface area (Å²) in [5.74, 6) is 0.0288. The fourth-order valence-electron chi connectivity index (χ4n) is 3.10. The Morgan fingerprint density at radius 2 is 1.76 bits per heavy atom. The van der Waals surface area contributed by atoms with Gasteiger partial charge < -0.3 is 15.0 Å². The van der Waals surface area contributed by atoms with Crippen LogP contribution in [0.3, 0.4) is 0 Å². The molecule has 0 saturated carbocycles. The van der Waals surface area contributed by atoms with Crippen molar-refractivity contribution in [3.8, 4) is 5.75 Å². The fourth-order valence-corrected chi connectivity index (χ4v) is 3.10. The molecule has 1 aromatic carbocycles. The van der Waals surface area contributed by atoms with Gasteiger partial charge in [-0.2, -0.15) is 0 Å². The summed E-state index contributed by atoms with van der Waals surface area (Å²) in [6.45, 7) is 6.39. The van der Waals surface area contributed by atoms with Crippen molar-refractivity contribution in [2.45, 2.75) is 32.7 Å². The molecule has 1 saturated heterocycles. The van der Waals surface area contributed by atoms with Crippen LogP contribution in [0.25, 0.3) is 0 Å². The second-order valence-electron chi connectivity index (χ2n) is 5.87. The zero-order chi connectivity index (χ0) is 18.6. The standard InChI is InChI=1S/C18H25N3O4/c1-5-18(13-8-10-14(25-4)11-9-13)16(23)21(17(24)19-18)12-15(22)20(6-2)7-3/h8-11H,5-7,12H2,1-4H3,(H,19,24)/t18-/m1/s1. The molecule has 0 bridgehead atoms. The molecule has 4 amide bonds. The van der Waals surface area contributed by atoms with E-state index in [-0.39, 0.29) is 12.5 Å². The molecule has 7 heteroatoms. The van der Waals surface area contributed by atoms with Gasteiger partial charge >= 0.3 is 6.03 Å². The highest BCUT2D eigenvalue weighted by molar-refractivity contribution is 6.09. The Bertz CT molecular complexity index is 655. The minimum absolute atomic E-state index is 0.241. The molecule has 2 rings (SSSR count). The summed E-state index contributed by atoms with van der Waals surface area (Å²) in [7, 11) is 1.56. The van der Waals surface area contributed by atoms with Gasteiger partial charge in [0.05, 0.1) is 7.11 Å². The van der Waals surface area contributed by atoms with Crippen molar-refractivity contribution in [1.82, 2.24) is 15.1 Å². The van der Waals surface area contributed by atoms with Crippen LogP contribution in [0.1, 0.15) is 32.8 Å². The minimum atomic E-state index is -1.15. The van der Waals surface area contributed by atoms with Gasteiger partial charge in [0.1, 0.15) is 17.8 Å². The lowest BCUT2D eigenvalue weighted by Gasteiger charge is -2.26. The number of carbonyl (C=O) groups excluding carboxylic acids is 3. The highest BCUT2D eigenvalue weighted by Gasteiger charge is 2.51. The Morgan fingerprint density at radius 1 is 1.16 bits per heavy atom. The molecule has 1 aliphatic rings. The lowest BCUT2D eigenvalue weighted by molar-refractivity contribution is -0.139. The molecule has 1 heterocycles. The number of ether oxygens (including phenoxy) is 1. The predicted molar refractivity (Wildman–Crippen MR) is 93.1 cm³/mol. The monoisotopic (exact) mass is 347 g/mol. The number of rotatable bonds is 7. The minimum Gasteiger partial charge on any atom is -0.497 e. The summed E-state index contributed by atoms with van der Waals surface area (Å²) in [4.78, 5) is 40.3. The van der Waals surface area contributed by atoms with Gasteiger partial charge in [-0.1, -0.05) is 19.1 Å². The Kier molecular flexibility index (Phi) is 5.66. The van der Waals surface area contributed by atoms with E-state index in [0.717, 1.165) is 4.90 Å². The van der Waals surface area contributed by atoms with Crippen LogP contribution in [0.4, 0.5) is 4.79 Å². The smallest absolute Gasteiger partial charge is 0.325 e. The first kappa shape index (κ1) is 18.8. The molecule has 7 nitrogen and oxygen atoms in total. The molecule has 25 heavy (non-hydrogen) atoms. The number of imide groups is 1. The molecule has 0 aliphatic carbocycles. The van der Waals surface area contributed by atoms with Gasteiger partial charge in [0.25, 0.3) is 5.91 Å². The molecule has 1 N–H and O–H groups in total. The number of nitrogens with zero attached hydrogens (tertiary/aromatic N) is 2. The van der Waals surface area contributed by atoms with Gasteiger partial charge in [-0.15, -0.1) is 0 Å². The third kappa shape index (κ3) is 3.31. The molecule has 0 unspecified atom stereocenters. The Balaban J connectivity index is 2.28. The van der Waals surface area contributed by atoms with Gasteiger partial charge in [-0.25, -0.2) is 4.79 Å². The predicted octanol–water partition coefficient (Wildman–Crippen LogP) is 1.72. The van der Waals surface area contributed by atoms with E-state index >= 15 is 0 Å². The van der Waals surface area contributed by atoms with Gasteiger partial charge in [0, 0.05) is 13.1 Å². The van der Waals surface area contributed by atoms with Crippen LogP contribution >= 0.6 is 0 Å². The summed E-state index contributed by atoms with van der Waals surface area (Å²) in [6.07, 6.45) is 0.389. The molecule has 1 aromatic rings. The van der Waals surface area contributed by atoms with E-state index in [1.165, 1.54) is 0 Å². The molecule has 0 radical (unpaired) electrons. The number of hydrogen-bond acceptors (Lipinski definition) is 4. The molecule has 1 aliphatic heterocycles. The van der Waals surface area contributed by atoms with E-state index in [1.54, 1.807) is 36.3 Å². The maximum atomic E-state index is 13.0. The van der Waals surface area contributed by atoms with Crippen LogP contribution in [-0.4, -0.2) is 54.4 Å². The van der Waals surface area contributed by atoms with E-state index < -0.39 is 17.5 Å². The Labute approximate surface area is 147 Å². The molecule has 136 valence electrons. The van der Waals surface area contributed by atoms with Crippen LogP contribution in [-0.2, 0) is 15.1 Å². The van der Waals surface area contributed by atoms with Crippen LogP contribution in [0.5, 0.6) is 5.75 Å². The summed E-state index contributed by atoms with van der Waals surface area (Å²) in [5.41, 5.74) is -0.473. The maximum Gasteiger partial charge on any atom is 0.325 e. The highest BCUT2D eigenvalue weighted by Crippen LogP contribution is 2.33. The maximum absolute atomic E-state index is 13.0. The van der Waals surface area contributed by atoms with Crippen LogP contribution in [0.2, 0.25) is 0 Å². The molecular weight excluding hydrogens is 322 g/mol. The molecule has 0 spiro atoms. The molecule has 1 atom stereocenters. The van der Waals surface area contributed by atoms with Crippen LogP contribution in [0, 0.1) is 0 Å². The highest BCUT2D eigenvalue weighted by atomic mass is 16.5. The van der Waals surface area contributed by atoms with Crippen LogP contribution in [0.15, 0.2) is 24.3 Å². The lowest BCUT2D eigenvalue weighted by atomic mass is 9.87. The molecule has 1 fully saturated rings. The van der Waals surface area contributed by atoms with Crippen molar-refractivity contribution in [3.63, 3.8) is 0 Å². The van der Waals surface area contributed by atoms with Crippen molar-refractivity contribution >= 4 is 17.8 Å². The Hall–Kier alpha value is -2.57. The topological polar surface area (TPSA) is 79.0 Å². The largest absolute Gasteiger partial charge is 0.497 e. The summed E-state index contributed by atoms with van der Waals surface area (Å²) < 4.78 is 5.14. The summed E-state index contributed by atoms with van der Waals surface area (Å²) >= 11 is 0. The first-order valence-electron chi connectivity index (χ1n) is 8.49. The first-order chi connectivity index (χ1) is 11.9. The normalized spacial score (nSPS) is 19.8. The van der Waals surface area contributed by atoms with Gasteiger partial charge in [-0.05, 0) is 38.0 Å². The lowest BCUT2D eigenvalue weighted by Crippen LogP contribution is -2.45. The number of urea groups is 1. The number of carbonyl (C=O) groups is 3. The van der Waals surface area contributed by atoms with Crippen molar-refractivity contribution in [2.24, 2.45) is 0 Å². The third-order valence-electron chi connectivity index (χ3n) is 4.70. The van der Waals surface area contributed by atoms with Crippen LogP contribution < -0.4 is 10.1 Å². The number of hydrogen-bond donors (Lipinski definition) is 1. The van der Waals surface area contributed by atoms with Gasteiger partial charge in [-0.3, -0.25) is 14.5 Å². The van der Waals surface area contributed by atoms with Crippen molar-refractivity contribution in [3.05, 3.63) is 29.8 Å². The van der Waals surface area contributed by atoms with Crippen molar-refractivity contribution in [2.75, 3.05) is 26.7 Å². The summed E-state index contributed by atoms with van der Waals surface area (Å²) in [6, 6.07) is 6.47. The Morgan fingerprint density at radius 3 is 2.24 bits per heavy atom. The first-order valence-corrected chi connectivity index (χ1v) is 8.49. The van der Waals surface area contributed by atoms with Crippen molar-refractivity contribution < 1.29 is 19.1 Å². The van der Waals surface area contributed by atoms with E-state index in [1.807, 2.05) is 20.8 Å². The SMILES string of the molecule is CCN(CC)C(=O)CN1C(=O)N[C@](CC)(c2ccc(OC)cc2)C1=O. The molecular formula is C18H25N3O4. The van der Waals surface area contributed by atoms with Crippen molar-refractivity contribution in [1.29, 1.82) is 0 Å². The van der Waals surface area contributed by atoms with Gasteiger partial charge in [0.15, 0.2) is 0 Å². The second kappa shape index (κ2) is 7.55. The average molecular weight is 347 g/mol. The van der Waals surface area contributed by atoms with E-state index in [9.17, 15) is 14.4 Å². The zero-order valence-corrected chi connectivity index (χ0v) is 15.2. The average Bonchev–Trinajstić information content (AvgIpc) is 2.88. The number of nitrogens with one attached hydrogen (secondary N) is 1. The van der Waals surface area contributed by atoms with Gasteiger partial charge in [0.2, 0.25) is 5.91 Å². The third-order valence-corrected chi connectivity index (χ3v) is 4.70. The molecule has 0 aromatic heterocycles. The van der Waals surface area contributed by atoms with E-state index in [2.05, 4.69) is 5.32 Å². The number of amides is 4. The van der Waals surface area contributed by atoms with E-state index in [0.29, 0.717) is 30.8 Å². The summed E-state index contributed by atoms with van der Waals surface area (Å²) in [5, 5.41) is 2.78. The van der Waals surface area contributed by atoms with E-state index in [4.69, 9.17) is 4.74 Å². The fraction of sp³-hybridized carbons (Fsp3) is 0.500. The number of benzene rings is 1. The number of methoxy groups -OCH3 is 1. The number of likely N-dealkylation sites (N-methyl/N-ethyl adjacent to an activating group) is 1.